The molecule has 2 aromatic rings. The number of nitrogens with one attached hydrogen (secondary N) is 2. The Morgan fingerprint density at radius 1 is 1.55 bits per heavy atom. The standard InChI is InChI=1S/C13H15ClN4O2/c1-7-11(15)12(18-17-7)16-13(19)8(2)20-10-5-3-4-9(14)6-10/h3-6,8H,15H2,1-2H3,(H2,16,17,18,19). The summed E-state index contributed by atoms with van der Waals surface area (Å²) in [4.78, 5) is 12.0. The zero-order valence-electron chi connectivity index (χ0n) is 11.1. The lowest BCUT2D eigenvalue weighted by Gasteiger charge is -2.14. The van der Waals surface area contributed by atoms with E-state index < -0.39 is 6.10 Å². The number of benzene rings is 1. The van der Waals surface area contributed by atoms with Gasteiger partial charge in [0.1, 0.15) is 5.75 Å². The lowest BCUT2D eigenvalue weighted by atomic mass is 10.3. The molecule has 1 amide bonds. The van der Waals surface area contributed by atoms with E-state index in [1.54, 1.807) is 38.1 Å². The predicted octanol–water partition coefficient (Wildman–Crippen LogP) is 2.36. The summed E-state index contributed by atoms with van der Waals surface area (Å²) in [6.07, 6.45) is -0.704. The zero-order chi connectivity index (χ0) is 14.7. The smallest absolute Gasteiger partial charge is 0.266 e. The second-order valence-corrected chi connectivity index (χ2v) is 4.75. The maximum absolute atomic E-state index is 12.0. The van der Waals surface area contributed by atoms with Gasteiger partial charge in [-0.2, -0.15) is 5.10 Å². The number of hydrogen-bond donors (Lipinski definition) is 3. The number of aromatic amines is 1. The third kappa shape index (κ3) is 3.21. The maximum atomic E-state index is 12.0. The van der Waals surface area contributed by atoms with E-state index in [4.69, 9.17) is 22.1 Å². The van der Waals surface area contributed by atoms with E-state index >= 15 is 0 Å². The molecule has 1 atom stereocenters. The van der Waals surface area contributed by atoms with Gasteiger partial charge in [-0.1, -0.05) is 17.7 Å². The SMILES string of the molecule is Cc1[nH]nc(NC(=O)C(C)Oc2cccc(Cl)c2)c1N. The molecule has 0 bridgehead atoms. The van der Waals surface area contributed by atoms with Gasteiger partial charge in [0.15, 0.2) is 11.9 Å². The quantitative estimate of drug-likeness (QED) is 0.807. The van der Waals surface area contributed by atoms with Gasteiger partial charge in [0.05, 0.1) is 11.4 Å². The summed E-state index contributed by atoms with van der Waals surface area (Å²) in [6, 6.07) is 6.84. The normalized spacial score (nSPS) is 11.9. The zero-order valence-corrected chi connectivity index (χ0v) is 11.9. The van der Waals surface area contributed by atoms with E-state index in [9.17, 15) is 4.79 Å². The van der Waals surface area contributed by atoms with Crippen LogP contribution in [0.3, 0.4) is 0 Å². The third-order valence-corrected chi connectivity index (χ3v) is 2.95. The van der Waals surface area contributed by atoms with Crippen molar-refractivity contribution in [2.75, 3.05) is 11.1 Å². The fraction of sp³-hybridized carbons (Fsp3) is 0.231. The fourth-order valence-electron chi connectivity index (χ4n) is 1.55. The number of nitrogens with zero attached hydrogens (tertiary/aromatic N) is 1. The van der Waals surface area contributed by atoms with Crippen LogP contribution in [0, 0.1) is 6.92 Å². The van der Waals surface area contributed by atoms with Crippen molar-refractivity contribution in [3.63, 3.8) is 0 Å². The third-order valence-electron chi connectivity index (χ3n) is 2.71. The van der Waals surface area contributed by atoms with E-state index in [0.29, 0.717) is 28.0 Å². The Morgan fingerprint density at radius 2 is 2.30 bits per heavy atom. The van der Waals surface area contributed by atoms with Crippen LogP contribution in [0.25, 0.3) is 0 Å². The van der Waals surface area contributed by atoms with Crippen LogP contribution in [-0.4, -0.2) is 22.2 Å². The van der Waals surface area contributed by atoms with Crippen LogP contribution in [0.1, 0.15) is 12.6 Å². The minimum absolute atomic E-state index is 0.300. The monoisotopic (exact) mass is 294 g/mol. The van der Waals surface area contributed by atoms with E-state index in [0.717, 1.165) is 0 Å². The Balaban J connectivity index is 2.00. The highest BCUT2D eigenvalue weighted by molar-refractivity contribution is 6.30. The van der Waals surface area contributed by atoms with Crippen LogP contribution in [0.15, 0.2) is 24.3 Å². The Labute approximate surface area is 121 Å². The van der Waals surface area contributed by atoms with Crippen molar-refractivity contribution in [3.05, 3.63) is 35.0 Å². The van der Waals surface area contributed by atoms with Gasteiger partial charge in [0.25, 0.3) is 5.91 Å². The van der Waals surface area contributed by atoms with Crippen LogP contribution in [0.2, 0.25) is 5.02 Å². The van der Waals surface area contributed by atoms with Gasteiger partial charge < -0.3 is 15.8 Å². The number of rotatable bonds is 4. The Kier molecular flexibility index (Phi) is 4.14. The van der Waals surface area contributed by atoms with Crippen molar-refractivity contribution in [1.29, 1.82) is 0 Å². The average molecular weight is 295 g/mol. The fourth-order valence-corrected chi connectivity index (χ4v) is 1.73. The van der Waals surface area contributed by atoms with E-state index in [1.165, 1.54) is 0 Å². The first-order valence-electron chi connectivity index (χ1n) is 6.01. The summed E-state index contributed by atoms with van der Waals surface area (Å²) < 4.78 is 5.50. The number of ether oxygens (including phenoxy) is 1. The Bertz CT molecular complexity index is 627. The van der Waals surface area contributed by atoms with Gasteiger partial charge in [-0.05, 0) is 32.0 Å². The molecule has 2 rings (SSSR count). The highest BCUT2D eigenvalue weighted by Crippen LogP contribution is 2.20. The van der Waals surface area contributed by atoms with E-state index in [-0.39, 0.29) is 5.91 Å². The minimum atomic E-state index is -0.704. The molecule has 106 valence electrons. The van der Waals surface area contributed by atoms with E-state index in [1.807, 2.05) is 0 Å². The topological polar surface area (TPSA) is 93.0 Å². The summed E-state index contributed by atoms with van der Waals surface area (Å²) in [6.45, 7) is 3.40. The molecule has 6 nitrogen and oxygen atoms in total. The molecule has 20 heavy (non-hydrogen) atoms. The van der Waals surface area contributed by atoms with Crippen molar-refractivity contribution in [2.24, 2.45) is 0 Å². The van der Waals surface area contributed by atoms with Gasteiger partial charge in [-0.15, -0.1) is 0 Å². The van der Waals surface area contributed by atoms with Crippen LogP contribution in [0.4, 0.5) is 11.5 Å². The molecule has 0 radical (unpaired) electrons. The minimum Gasteiger partial charge on any atom is -0.481 e. The molecular formula is C13H15ClN4O2. The van der Waals surface area contributed by atoms with Crippen molar-refractivity contribution >= 4 is 29.0 Å². The average Bonchev–Trinajstić information content (AvgIpc) is 2.70. The van der Waals surface area contributed by atoms with Crippen LogP contribution >= 0.6 is 11.6 Å². The molecule has 1 aromatic carbocycles. The highest BCUT2D eigenvalue weighted by Gasteiger charge is 2.18. The molecule has 4 N–H and O–H groups in total. The van der Waals surface area contributed by atoms with Gasteiger partial charge >= 0.3 is 0 Å². The summed E-state index contributed by atoms with van der Waals surface area (Å²) in [5, 5.41) is 9.74. The second kappa shape index (κ2) is 5.83. The number of aromatic nitrogens is 2. The molecule has 1 unspecified atom stereocenters. The number of aryl methyl sites for hydroxylation is 1. The molecule has 0 aliphatic carbocycles. The van der Waals surface area contributed by atoms with Crippen LogP contribution in [0.5, 0.6) is 5.75 Å². The summed E-state index contributed by atoms with van der Waals surface area (Å²) >= 11 is 5.85. The van der Waals surface area contributed by atoms with E-state index in [2.05, 4.69) is 15.5 Å². The summed E-state index contributed by atoms with van der Waals surface area (Å²) in [7, 11) is 0. The Hall–Kier alpha value is -2.21. The molecule has 1 aromatic heterocycles. The number of H-pyrrole nitrogens is 1. The predicted molar refractivity (Wildman–Crippen MR) is 77.9 cm³/mol. The number of halogens is 1. The molecule has 0 spiro atoms. The second-order valence-electron chi connectivity index (χ2n) is 4.32. The van der Waals surface area contributed by atoms with Crippen molar-refractivity contribution in [3.8, 4) is 5.75 Å². The number of nitrogen functional groups attached to an aromatic ring is 1. The number of anilines is 2. The molecule has 0 aliphatic heterocycles. The first kappa shape index (κ1) is 14.2. The maximum Gasteiger partial charge on any atom is 0.266 e. The molecule has 0 saturated carbocycles. The summed E-state index contributed by atoms with van der Waals surface area (Å²) in [5.74, 6) is 0.476. The number of carbonyl (C=O) groups excluding carboxylic acids is 1. The van der Waals surface area contributed by atoms with Gasteiger partial charge in [0.2, 0.25) is 0 Å². The van der Waals surface area contributed by atoms with Gasteiger partial charge in [-0.25, -0.2) is 0 Å². The molecular weight excluding hydrogens is 280 g/mol. The number of hydrogen-bond acceptors (Lipinski definition) is 4. The summed E-state index contributed by atoms with van der Waals surface area (Å²) in [5.41, 5.74) is 6.87. The lowest BCUT2D eigenvalue weighted by molar-refractivity contribution is -0.122. The molecule has 0 fully saturated rings. The molecule has 0 saturated heterocycles. The lowest BCUT2D eigenvalue weighted by Crippen LogP contribution is -2.30. The highest BCUT2D eigenvalue weighted by atomic mass is 35.5. The largest absolute Gasteiger partial charge is 0.481 e. The van der Waals surface area contributed by atoms with Crippen molar-refractivity contribution in [2.45, 2.75) is 20.0 Å². The van der Waals surface area contributed by atoms with Gasteiger partial charge in [-0.3, -0.25) is 9.89 Å². The number of carbonyl (C=O) groups is 1. The van der Waals surface area contributed by atoms with Crippen molar-refractivity contribution in [1.82, 2.24) is 10.2 Å². The Morgan fingerprint density at radius 3 is 2.90 bits per heavy atom. The van der Waals surface area contributed by atoms with Crippen LogP contribution in [-0.2, 0) is 4.79 Å². The molecule has 7 heteroatoms. The van der Waals surface area contributed by atoms with Crippen molar-refractivity contribution < 1.29 is 9.53 Å². The number of nitrogens with two attached hydrogens (primary N) is 1. The molecule has 0 aliphatic rings. The first-order valence-corrected chi connectivity index (χ1v) is 6.38. The number of amides is 1. The first-order chi connectivity index (χ1) is 9.47. The van der Waals surface area contributed by atoms with Crippen LogP contribution < -0.4 is 15.8 Å². The van der Waals surface area contributed by atoms with Gasteiger partial charge in [0, 0.05) is 5.02 Å². The molecule has 1 heterocycles.